The second-order valence-electron chi connectivity index (χ2n) is 6.16. The zero-order chi connectivity index (χ0) is 19.4. The number of carbonyl (C=O) groups is 2. The summed E-state index contributed by atoms with van der Waals surface area (Å²) in [5.74, 6) is 0.794. The van der Waals surface area contributed by atoms with Gasteiger partial charge in [0.05, 0.1) is 19.4 Å². The lowest BCUT2D eigenvalue weighted by atomic mass is 9.93. The topological polar surface area (TPSA) is 90.1 Å². The Labute approximate surface area is 157 Å². The molecule has 142 valence electrons. The molecule has 1 heterocycles. The number of hydrogen-bond acceptors (Lipinski definition) is 6. The van der Waals surface area contributed by atoms with Crippen LogP contribution in [0, 0.1) is 6.92 Å². The molecule has 0 spiro atoms. The van der Waals surface area contributed by atoms with E-state index >= 15 is 0 Å². The second-order valence-corrected chi connectivity index (χ2v) is 6.16. The summed E-state index contributed by atoms with van der Waals surface area (Å²) in [4.78, 5) is 24.4. The highest BCUT2D eigenvalue weighted by Gasteiger charge is 2.28. The number of ether oxygens (including phenoxy) is 2. The third-order valence-electron chi connectivity index (χ3n) is 4.43. The number of aryl methyl sites for hydroxylation is 1. The van der Waals surface area contributed by atoms with Crippen LogP contribution < -0.4 is 10.2 Å². The number of methoxy groups -OCH3 is 1. The van der Waals surface area contributed by atoms with Crippen LogP contribution >= 0.6 is 0 Å². The van der Waals surface area contributed by atoms with Crippen LogP contribution in [0.15, 0.2) is 33.8 Å². The molecule has 1 aromatic heterocycles. The number of amides is 1. The molecule has 0 unspecified atom stereocenters. The molecule has 0 atom stereocenters. The van der Waals surface area contributed by atoms with Gasteiger partial charge in [-0.15, -0.1) is 0 Å². The molecule has 0 saturated carbocycles. The lowest BCUT2D eigenvalue weighted by Crippen LogP contribution is -2.22. The first-order chi connectivity index (χ1) is 13.0. The molecule has 7 heteroatoms. The summed E-state index contributed by atoms with van der Waals surface area (Å²) >= 11 is 0. The van der Waals surface area contributed by atoms with Crippen LogP contribution in [0.25, 0.3) is 0 Å². The Kier molecular flexibility index (Phi) is 5.59. The fourth-order valence-electron chi connectivity index (χ4n) is 3.10. The van der Waals surface area contributed by atoms with E-state index in [0.717, 1.165) is 18.4 Å². The second kappa shape index (κ2) is 8.07. The number of nitrogens with zero attached hydrogens (tertiary/aromatic N) is 1. The van der Waals surface area contributed by atoms with Gasteiger partial charge >= 0.3 is 5.97 Å². The number of fused-ring (bicyclic) bond motifs is 1. The first kappa shape index (κ1) is 18.7. The van der Waals surface area contributed by atoms with Crippen LogP contribution in [-0.2, 0) is 11.2 Å². The van der Waals surface area contributed by atoms with Gasteiger partial charge in [0.1, 0.15) is 11.5 Å². The van der Waals surface area contributed by atoms with Crippen LogP contribution in [-0.4, -0.2) is 31.3 Å². The number of carbonyl (C=O) groups excluding carboxylic acids is 2. The van der Waals surface area contributed by atoms with E-state index in [1.807, 2.05) is 0 Å². The molecular formula is C20H22N2O5. The number of benzene rings is 1. The Morgan fingerprint density at radius 2 is 1.96 bits per heavy atom. The molecule has 1 aliphatic rings. The van der Waals surface area contributed by atoms with Crippen molar-refractivity contribution in [1.82, 2.24) is 5.43 Å². The van der Waals surface area contributed by atoms with Gasteiger partial charge in [-0.3, -0.25) is 4.79 Å². The molecule has 0 saturated heterocycles. The third-order valence-corrected chi connectivity index (χ3v) is 4.43. The lowest BCUT2D eigenvalue weighted by Gasteiger charge is -2.13. The summed E-state index contributed by atoms with van der Waals surface area (Å²) in [7, 11) is 1.57. The molecule has 27 heavy (non-hydrogen) atoms. The summed E-state index contributed by atoms with van der Waals surface area (Å²) in [6.07, 6.45) is 2.25. The molecule has 0 bridgehead atoms. The van der Waals surface area contributed by atoms with Gasteiger partial charge < -0.3 is 13.9 Å². The standard InChI is InChI=1S/C20H22N2O5/c1-4-26-20(24)18-12(2)17-15(6-5-7-16(17)27-18)21-22-19(23)13-8-10-14(25-3)11-9-13/h8-11H,4-7H2,1-3H3,(H,22,23)/b21-15+. The van der Waals surface area contributed by atoms with Crippen molar-refractivity contribution >= 4 is 17.6 Å². The van der Waals surface area contributed by atoms with E-state index in [4.69, 9.17) is 13.9 Å². The number of rotatable bonds is 5. The van der Waals surface area contributed by atoms with Gasteiger partial charge in [0.15, 0.2) is 0 Å². The monoisotopic (exact) mass is 370 g/mol. The summed E-state index contributed by atoms with van der Waals surface area (Å²) in [5, 5.41) is 4.30. The maximum Gasteiger partial charge on any atom is 0.374 e. The van der Waals surface area contributed by atoms with E-state index in [9.17, 15) is 9.59 Å². The van der Waals surface area contributed by atoms with E-state index < -0.39 is 5.97 Å². The van der Waals surface area contributed by atoms with Crippen LogP contribution in [0.2, 0.25) is 0 Å². The number of furan rings is 1. The Morgan fingerprint density at radius 3 is 2.63 bits per heavy atom. The Bertz CT molecular complexity index is 881. The van der Waals surface area contributed by atoms with Crippen molar-refractivity contribution in [2.24, 2.45) is 5.10 Å². The molecule has 1 N–H and O–H groups in total. The van der Waals surface area contributed by atoms with E-state index in [2.05, 4.69) is 10.5 Å². The zero-order valence-corrected chi connectivity index (χ0v) is 15.6. The summed E-state index contributed by atoms with van der Waals surface area (Å²) in [5.41, 5.74) is 5.26. The molecule has 2 aromatic rings. The first-order valence-electron chi connectivity index (χ1n) is 8.85. The average molecular weight is 370 g/mol. The van der Waals surface area contributed by atoms with Crippen molar-refractivity contribution in [2.75, 3.05) is 13.7 Å². The highest BCUT2D eigenvalue weighted by Crippen LogP contribution is 2.30. The van der Waals surface area contributed by atoms with Crippen LogP contribution in [0.4, 0.5) is 0 Å². The maximum absolute atomic E-state index is 12.3. The zero-order valence-electron chi connectivity index (χ0n) is 15.6. The fraction of sp³-hybridized carbons (Fsp3) is 0.350. The quantitative estimate of drug-likeness (QED) is 0.644. The van der Waals surface area contributed by atoms with Gasteiger partial charge in [-0.05, 0) is 51.0 Å². The molecule has 1 aliphatic carbocycles. The molecule has 1 aromatic carbocycles. The number of esters is 1. The number of hydrogen-bond donors (Lipinski definition) is 1. The summed E-state index contributed by atoms with van der Waals surface area (Å²) in [6.45, 7) is 3.83. The number of hydrazone groups is 1. The SMILES string of the molecule is CCOC(=O)c1oc2c(c1C)/C(=N/NC(=O)c1ccc(OC)cc1)CCC2. The van der Waals surface area contributed by atoms with Gasteiger partial charge in [0.2, 0.25) is 5.76 Å². The van der Waals surface area contributed by atoms with Crippen molar-refractivity contribution in [2.45, 2.75) is 33.1 Å². The van der Waals surface area contributed by atoms with Gasteiger partial charge in [-0.25, -0.2) is 10.2 Å². The number of nitrogens with one attached hydrogen (secondary N) is 1. The summed E-state index contributed by atoms with van der Waals surface area (Å²) < 4.78 is 15.8. The third kappa shape index (κ3) is 3.86. The molecule has 0 aliphatic heterocycles. The van der Waals surface area contributed by atoms with Crippen LogP contribution in [0.3, 0.4) is 0 Å². The maximum atomic E-state index is 12.3. The fourth-order valence-corrected chi connectivity index (χ4v) is 3.10. The van der Waals surface area contributed by atoms with E-state index in [0.29, 0.717) is 34.8 Å². The van der Waals surface area contributed by atoms with Gasteiger partial charge in [0, 0.05) is 23.1 Å². The molecule has 7 nitrogen and oxygen atoms in total. The largest absolute Gasteiger partial charge is 0.497 e. The smallest absolute Gasteiger partial charge is 0.374 e. The van der Waals surface area contributed by atoms with Crippen molar-refractivity contribution < 1.29 is 23.5 Å². The molecule has 0 radical (unpaired) electrons. The Balaban J connectivity index is 1.82. The minimum Gasteiger partial charge on any atom is -0.497 e. The predicted molar refractivity (Wildman–Crippen MR) is 99.3 cm³/mol. The van der Waals surface area contributed by atoms with E-state index in [1.165, 1.54) is 0 Å². The highest BCUT2D eigenvalue weighted by molar-refractivity contribution is 6.06. The minimum absolute atomic E-state index is 0.206. The highest BCUT2D eigenvalue weighted by atomic mass is 16.5. The van der Waals surface area contributed by atoms with E-state index in [-0.39, 0.29) is 18.3 Å². The van der Waals surface area contributed by atoms with Crippen molar-refractivity contribution in [3.63, 3.8) is 0 Å². The Morgan fingerprint density at radius 1 is 1.22 bits per heavy atom. The van der Waals surface area contributed by atoms with Crippen molar-refractivity contribution in [3.8, 4) is 5.75 Å². The van der Waals surface area contributed by atoms with Gasteiger partial charge in [0.25, 0.3) is 5.91 Å². The minimum atomic E-state index is -0.481. The Hall–Kier alpha value is -3.09. The lowest BCUT2D eigenvalue weighted by molar-refractivity contribution is 0.0486. The van der Waals surface area contributed by atoms with Gasteiger partial charge in [-0.1, -0.05) is 0 Å². The van der Waals surface area contributed by atoms with Crippen LogP contribution in [0.1, 0.15) is 57.6 Å². The summed E-state index contributed by atoms with van der Waals surface area (Å²) in [6, 6.07) is 6.77. The van der Waals surface area contributed by atoms with Gasteiger partial charge in [-0.2, -0.15) is 5.10 Å². The normalized spacial score (nSPS) is 14.6. The molecule has 0 fully saturated rings. The van der Waals surface area contributed by atoms with Crippen molar-refractivity contribution in [1.29, 1.82) is 0 Å². The van der Waals surface area contributed by atoms with Crippen molar-refractivity contribution in [3.05, 3.63) is 52.5 Å². The first-order valence-corrected chi connectivity index (χ1v) is 8.85. The molecule has 3 rings (SSSR count). The predicted octanol–water partition coefficient (Wildman–Crippen LogP) is 3.24. The van der Waals surface area contributed by atoms with Crippen LogP contribution in [0.5, 0.6) is 5.75 Å². The molecule has 1 amide bonds. The average Bonchev–Trinajstić information content (AvgIpc) is 3.04. The molecular weight excluding hydrogens is 348 g/mol. The van der Waals surface area contributed by atoms with E-state index in [1.54, 1.807) is 45.2 Å².